The Balaban J connectivity index is 2.11. The molecule has 1 saturated heterocycles. The molecule has 1 aromatic carbocycles. The highest BCUT2D eigenvalue weighted by molar-refractivity contribution is 5.25. The molecule has 0 saturated carbocycles. The monoisotopic (exact) mass is 199 g/mol. The highest BCUT2D eigenvalue weighted by Gasteiger charge is 2.18. The van der Waals surface area contributed by atoms with Gasteiger partial charge in [-0.15, -0.1) is 0 Å². The number of halogens is 2. The van der Waals surface area contributed by atoms with Crippen LogP contribution >= 0.6 is 0 Å². The van der Waals surface area contributed by atoms with E-state index in [1.807, 2.05) is 0 Å². The Hall–Kier alpha value is -1.16. The van der Waals surface area contributed by atoms with Crippen molar-refractivity contribution in [3.8, 4) is 5.75 Å². The number of ether oxygens (including phenoxy) is 1. The molecule has 0 spiro atoms. The molecule has 1 aliphatic heterocycles. The fraction of sp³-hybridized carbons (Fsp3) is 0.400. The van der Waals surface area contributed by atoms with Gasteiger partial charge in [0.1, 0.15) is 6.10 Å². The Morgan fingerprint density at radius 3 is 2.93 bits per heavy atom. The van der Waals surface area contributed by atoms with Gasteiger partial charge in [0, 0.05) is 6.54 Å². The summed E-state index contributed by atoms with van der Waals surface area (Å²) >= 11 is 0. The van der Waals surface area contributed by atoms with E-state index < -0.39 is 11.6 Å². The third kappa shape index (κ3) is 1.85. The van der Waals surface area contributed by atoms with Crippen molar-refractivity contribution in [2.75, 3.05) is 13.1 Å². The quantitative estimate of drug-likeness (QED) is 0.782. The maximum atomic E-state index is 13.1. The van der Waals surface area contributed by atoms with Gasteiger partial charge in [0.05, 0.1) is 0 Å². The Kier molecular flexibility index (Phi) is 2.63. The summed E-state index contributed by atoms with van der Waals surface area (Å²) < 4.78 is 31.2. The van der Waals surface area contributed by atoms with Crippen LogP contribution in [0.4, 0.5) is 8.78 Å². The van der Waals surface area contributed by atoms with Gasteiger partial charge in [-0.3, -0.25) is 0 Å². The van der Waals surface area contributed by atoms with Crippen LogP contribution in [-0.4, -0.2) is 19.2 Å². The summed E-state index contributed by atoms with van der Waals surface area (Å²) in [7, 11) is 0. The van der Waals surface area contributed by atoms with E-state index in [2.05, 4.69) is 5.32 Å². The SMILES string of the molecule is Fc1cccc(O[C@@H]2CCNC2)c1F. The fourth-order valence-electron chi connectivity index (χ4n) is 1.48. The standard InChI is InChI=1S/C10H11F2NO/c11-8-2-1-3-9(10(8)12)14-7-4-5-13-6-7/h1-3,7,13H,4-6H2/t7-/m1/s1. The molecule has 0 radical (unpaired) electrons. The lowest BCUT2D eigenvalue weighted by atomic mass is 10.3. The minimum atomic E-state index is -0.903. The summed E-state index contributed by atoms with van der Waals surface area (Å²) in [5.41, 5.74) is 0. The molecular weight excluding hydrogens is 188 g/mol. The molecule has 76 valence electrons. The molecule has 1 heterocycles. The minimum Gasteiger partial charge on any atom is -0.486 e. The third-order valence-electron chi connectivity index (χ3n) is 2.22. The predicted molar refractivity (Wildman–Crippen MR) is 48.3 cm³/mol. The van der Waals surface area contributed by atoms with E-state index in [1.54, 1.807) is 0 Å². The molecule has 0 amide bonds. The Bertz CT molecular complexity index is 324. The highest BCUT2D eigenvalue weighted by Crippen LogP contribution is 2.21. The summed E-state index contributed by atoms with van der Waals surface area (Å²) in [5, 5.41) is 3.09. The second-order valence-corrected chi connectivity index (χ2v) is 3.28. The normalized spacial score (nSPS) is 21.1. The van der Waals surface area contributed by atoms with Gasteiger partial charge in [0.15, 0.2) is 11.6 Å². The summed E-state index contributed by atoms with van der Waals surface area (Å²) in [6.07, 6.45) is 0.780. The van der Waals surface area contributed by atoms with Crippen molar-refractivity contribution in [1.29, 1.82) is 0 Å². The van der Waals surface area contributed by atoms with Gasteiger partial charge >= 0.3 is 0 Å². The summed E-state index contributed by atoms with van der Waals surface area (Å²) in [6.45, 7) is 1.55. The molecule has 1 N–H and O–H groups in total. The van der Waals surface area contributed by atoms with E-state index >= 15 is 0 Å². The molecular formula is C10H11F2NO. The molecule has 2 rings (SSSR count). The molecule has 0 aromatic heterocycles. The maximum Gasteiger partial charge on any atom is 0.200 e. The summed E-state index contributed by atoms with van der Waals surface area (Å²) in [5.74, 6) is -1.77. The van der Waals surface area contributed by atoms with Crippen molar-refractivity contribution in [3.63, 3.8) is 0 Å². The zero-order valence-electron chi connectivity index (χ0n) is 7.59. The van der Waals surface area contributed by atoms with Gasteiger partial charge in [0.2, 0.25) is 5.82 Å². The van der Waals surface area contributed by atoms with E-state index in [1.165, 1.54) is 12.1 Å². The van der Waals surface area contributed by atoms with Crippen molar-refractivity contribution < 1.29 is 13.5 Å². The van der Waals surface area contributed by atoms with E-state index in [9.17, 15) is 8.78 Å². The van der Waals surface area contributed by atoms with Gasteiger partial charge < -0.3 is 10.1 Å². The first-order valence-electron chi connectivity index (χ1n) is 4.59. The van der Waals surface area contributed by atoms with Crippen LogP contribution in [0.25, 0.3) is 0 Å². The lowest BCUT2D eigenvalue weighted by Gasteiger charge is -2.12. The van der Waals surface area contributed by atoms with Crippen molar-refractivity contribution in [1.82, 2.24) is 5.32 Å². The van der Waals surface area contributed by atoms with Gasteiger partial charge in [0.25, 0.3) is 0 Å². The number of benzene rings is 1. The van der Waals surface area contributed by atoms with Crippen LogP contribution in [0, 0.1) is 11.6 Å². The first-order valence-corrected chi connectivity index (χ1v) is 4.59. The highest BCUT2D eigenvalue weighted by atomic mass is 19.2. The van der Waals surface area contributed by atoms with Crippen molar-refractivity contribution in [2.24, 2.45) is 0 Å². The third-order valence-corrected chi connectivity index (χ3v) is 2.22. The van der Waals surface area contributed by atoms with Crippen LogP contribution in [0.2, 0.25) is 0 Å². The van der Waals surface area contributed by atoms with Crippen molar-refractivity contribution in [2.45, 2.75) is 12.5 Å². The minimum absolute atomic E-state index is 0.00120. The van der Waals surface area contributed by atoms with Gasteiger partial charge in [-0.05, 0) is 25.1 Å². The van der Waals surface area contributed by atoms with E-state index in [4.69, 9.17) is 4.74 Å². The van der Waals surface area contributed by atoms with Gasteiger partial charge in [-0.1, -0.05) is 6.07 Å². The molecule has 2 nitrogen and oxygen atoms in total. The molecule has 0 unspecified atom stereocenters. The lowest BCUT2D eigenvalue weighted by molar-refractivity contribution is 0.210. The average molecular weight is 199 g/mol. The summed E-state index contributed by atoms with van der Waals surface area (Å²) in [6, 6.07) is 3.96. The predicted octanol–water partition coefficient (Wildman–Crippen LogP) is 1.71. The van der Waals surface area contributed by atoms with E-state index in [0.717, 1.165) is 19.0 Å². The number of rotatable bonds is 2. The Morgan fingerprint density at radius 1 is 1.36 bits per heavy atom. The van der Waals surface area contributed by atoms with E-state index in [0.29, 0.717) is 6.54 Å². The maximum absolute atomic E-state index is 13.1. The van der Waals surface area contributed by atoms with Crippen molar-refractivity contribution in [3.05, 3.63) is 29.8 Å². The first kappa shape index (κ1) is 9.40. The number of nitrogens with one attached hydrogen (secondary N) is 1. The molecule has 0 bridgehead atoms. The molecule has 1 aliphatic rings. The topological polar surface area (TPSA) is 21.3 Å². The molecule has 1 atom stereocenters. The average Bonchev–Trinajstić information content (AvgIpc) is 2.66. The smallest absolute Gasteiger partial charge is 0.200 e. The zero-order chi connectivity index (χ0) is 9.97. The van der Waals surface area contributed by atoms with Crippen LogP contribution < -0.4 is 10.1 Å². The van der Waals surface area contributed by atoms with E-state index in [-0.39, 0.29) is 11.9 Å². The molecule has 1 fully saturated rings. The second-order valence-electron chi connectivity index (χ2n) is 3.28. The van der Waals surface area contributed by atoms with Crippen LogP contribution in [0.15, 0.2) is 18.2 Å². The molecule has 14 heavy (non-hydrogen) atoms. The number of hydrogen-bond donors (Lipinski definition) is 1. The fourth-order valence-corrected chi connectivity index (χ4v) is 1.48. The van der Waals surface area contributed by atoms with Crippen LogP contribution in [-0.2, 0) is 0 Å². The molecule has 4 heteroatoms. The van der Waals surface area contributed by atoms with Crippen molar-refractivity contribution >= 4 is 0 Å². The second kappa shape index (κ2) is 3.92. The van der Waals surface area contributed by atoms with Crippen LogP contribution in [0.5, 0.6) is 5.75 Å². The molecule has 0 aliphatic carbocycles. The van der Waals surface area contributed by atoms with Gasteiger partial charge in [-0.2, -0.15) is 4.39 Å². The summed E-state index contributed by atoms with van der Waals surface area (Å²) in [4.78, 5) is 0. The Labute approximate surface area is 80.9 Å². The van der Waals surface area contributed by atoms with Gasteiger partial charge in [-0.25, -0.2) is 4.39 Å². The number of hydrogen-bond acceptors (Lipinski definition) is 2. The Morgan fingerprint density at radius 2 is 2.21 bits per heavy atom. The molecule has 1 aromatic rings. The van der Waals surface area contributed by atoms with Crippen LogP contribution in [0.1, 0.15) is 6.42 Å². The lowest BCUT2D eigenvalue weighted by Crippen LogP contribution is -2.20. The largest absolute Gasteiger partial charge is 0.486 e. The zero-order valence-corrected chi connectivity index (χ0v) is 7.59. The van der Waals surface area contributed by atoms with Crippen LogP contribution in [0.3, 0.4) is 0 Å². The first-order chi connectivity index (χ1) is 6.77.